The standard InChI is InChI=1S/C10H20N2O.C2H6/c1-10(2)8-11-3-4-12-5-6-13-7-9(10)12;1-2/h9,11H,3-8H2,1-2H3;1-2H3. The van der Waals surface area contributed by atoms with Gasteiger partial charge in [0, 0.05) is 32.2 Å². The lowest BCUT2D eigenvalue weighted by Crippen LogP contribution is -2.53. The Hall–Kier alpha value is -0.120. The molecule has 2 rings (SSSR count). The van der Waals surface area contributed by atoms with Crippen LogP contribution in [0.15, 0.2) is 0 Å². The number of nitrogens with one attached hydrogen (secondary N) is 1. The molecule has 1 atom stereocenters. The summed E-state index contributed by atoms with van der Waals surface area (Å²) >= 11 is 0. The second-order valence-corrected chi connectivity index (χ2v) is 4.79. The van der Waals surface area contributed by atoms with E-state index in [1.54, 1.807) is 0 Å². The van der Waals surface area contributed by atoms with Crippen molar-refractivity contribution in [3.63, 3.8) is 0 Å². The fourth-order valence-corrected chi connectivity index (χ4v) is 2.38. The van der Waals surface area contributed by atoms with Crippen molar-refractivity contribution in [3.8, 4) is 0 Å². The Bertz CT molecular complexity index is 182. The van der Waals surface area contributed by atoms with Gasteiger partial charge in [0.25, 0.3) is 0 Å². The van der Waals surface area contributed by atoms with E-state index in [4.69, 9.17) is 4.74 Å². The van der Waals surface area contributed by atoms with Gasteiger partial charge in [0.1, 0.15) is 0 Å². The van der Waals surface area contributed by atoms with Gasteiger partial charge in [-0.05, 0) is 5.41 Å². The molecule has 0 bridgehead atoms. The van der Waals surface area contributed by atoms with E-state index in [9.17, 15) is 0 Å². The van der Waals surface area contributed by atoms with E-state index in [1.807, 2.05) is 13.8 Å². The minimum atomic E-state index is 0.344. The quantitative estimate of drug-likeness (QED) is 0.658. The molecule has 0 spiro atoms. The van der Waals surface area contributed by atoms with Crippen molar-refractivity contribution in [2.24, 2.45) is 5.41 Å². The van der Waals surface area contributed by atoms with Gasteiger partial charge in [-0.2, -0.15) is 0 Å². The molecule has 0 aromatic heterocycles. The highest BCUT2D eigenvalue weighted by Crippen LogP contribution is 2.28. The molecule has 1 unspecified atom stereocenters. The van der Waals surface area contributed by atoms with Crippen molar-refractivity contribution in [2.75, 3.05) is 39.4 Å². The van der Waals surface area contributed by atoms with Crippen LogP contribution in [0.25, 0.3) is 0 Å². The molecule has 2 saturated heterocycles. The van der Waals surface area contributed by atoms with Crippen LogP contribution in [-0.2, 0) is 4.74 Å². The number of hydrogen-bond acceptors (Lipinski definition) is 3. The second-order valence-electron chi connectivity index (χ2n) is 4.79. The van der Waals surface area contributed by atoms with Crippen LogP contribution in [0.5, 0.6) is 0 Å². The van der Waals surface area contributed by atoms with Crippen LogP contribution >= 0.6 is 0 Å². The Morgan fingerprint density at radius 3 is 2.73 bits per heavy atom. The summed E-state index contributed by atoms with van der Waals surface area (Å²) in [4.78, 5) is 2.57. The molecule has 2 aliphatic heterocycles. The van der Waals surface area contributed by atoms with Crippen LogP contribution in [0.3, 0.4) is 0 Å². The number of ether oxygens (including phenoxy) is 1. The predicted octanol–water partition coefficient (Wildman–Crippen LogP) is 1.34. The minimum Gasteiger partial charge on any atom is -0.378 e. The molecule has 0 amide bonds. The van der Waals surface area contributed by atoms with Crippen LogP contribution in [0, 0.1) is 5.41 Å². The molecule has 0 aromatic rings. The van der Waals surface area contributed by atoms with E-state index in [0.29, 0.717) is 11.5 Å². The lowest BCUT2D eigenvalue weighted by atomic mass is 9.83. The lowest BCUT2D eigenvalue weighted by molar-refractivity contribution is -0.0427. The number of hydrogen-bond donors (Lipinski definition) is 1. The zero-order valence-electron chi connectivity index (χ0n) is 10.7. The largest absolute Gasteiger partial charge is 0.378 e. The fourth-order valence-electron chi connectivity index (χ4n) is 2.38. The van der Waals surface area contributed by atoms with Gasteiger partial charge in [0.05, 0.1) is 13.2 Å². The number of morpholine rings is 1. The van der Waals surface area contributed by atoms with Gasteiger partial charge in [-0.3, -0.25) is 4.90 Å². The summed E-state index contributed by atoms with van der Waals surface area (Å²) in [6.07, 6.45) is 0. The number of nitrogens with zero attached hydrogens (tertiary/aromatic N) is 1. The summed E-state index contributed by atoms with van der Waals surface area (Å²) in [6.45, 7) is 15.0. The molecule has 3 nitrogen and oxygen atoms in total. The minimum absolute atomic E-state index is 0.344. The molecule has 0 aliphatic carbocycles. The third kappa shape index (κ3) is 3.16. The van der Waals surface area contributed by atoms with E-state index >= 15 is 0 Å². The summed E-state index contributed by atoms with van der Waals surface area (Å²) in [6, 6.07) is 0.608. The van der Waals surface area contributed by atoms with Gasteiger partial charge in [-0.1, -0.05) is 27.7 Å². The highest BCUT2D eigenvalue weighted by atomic mass is 16.5. The molecule has 2 fully saturated rings. The first kappa shape index (κ1) is 12.9. The van der Waals surface area contributed by atoms with Gasteiger partial charge in [-0.15, -0.1) is 0 Å². The Kier molecular flexibility index (Phi) is 5.03. The highest BCUT2D eigenvalue weighted by Gasteiger charge is 2.37. The summed E-state index contributed by atoms with van der Waals surface area (Å²) in [5, 5.41) is 3.50. The molecule has 2 aliphatic rings. The maximum absolute atomic E-state index is 5.56. The summed E-state index contributed by atoms with van der Waals surface area (Å²) in [5.41, 5.74) is 0.344. The molecule has 2 heterocycles. The van der Waals surface area contributed by atoms with Crippen molar-refractivity contribution in [3.05, 3.63) is 0 Å². The Morgan fingerprint density at radius 2 is 2.00 bits per heavy atom. The molecule has 3 heteroatoms. The van der Waals surface area contributed by atoms with E-state index in [1.165, 1.54) is 6.54 Å². The number of fused-ring (bicyclic) bond motifs is 1. The van der Waals surface area contributed by atoms with Gasteiger partial charge in [0.15, 0.2) is 0 Å². The van der Waals surface area contributed by atoms with Gasteiger partial charge < -0.3 is 10.1 Å². The first-order chi connectivity index (χ1) is 7.20. The van der Waals surface area contributed by atoms with Crippen LogP contribution in [-0.4, -0.2) is 50.3 Å². The van der Waals surface area contributed by atoms with E-state index in [2.05, 4.69) is 24.1 Å². The molecule has 15 heavy (non-hydrogen) atoms. The summed E-state index contributed by atoms with van der Waals surface area (Å²) in [7, 11) is 0. The highest BCUT2D eigenvalue weighted by molar-refractivity contribution is 4.92. The zero-order chi connectivity index (χ0) is 11.3. The SMILES string of the molecule is CC.CC1(C)CNCCN2CCOCC21. The van der Waals surface area contributed by atoms with Crippen molar-refractivity contribution in [2.45, 2.75) is 33.7 Å². The Morgan fingerprint density at radius 1 is 1.27 bits per heavy atom. The maximum atomic E-state index is 5.56. The van der Waals surface area contributed by atoms with E-state index in [-0.39, 0.29) is 0 Å². The van der Waals surface area contributed by atoms with Crippen LogP contribution in [0.1, 0.15) is 27.7 Å². The maximum Gasteiger partial charge on any atom is 0.0628 e. The molecule has 1 N–H and O–H groups in total. The van der Waals surface area contributed by atoms with Crippen molar-refractivity contribution in [1.29, 1.82) is 0 Å². The predicted molar refractivity (Wildman–Crippen MR) is 64.2 cm³/mol. The summed E-state index contributed by atoms with van der Waals surface area (Å²) in [5.74, 6) is 0. The normalized spacial score (nSPS) is 30.8. The third-order valence-corrected chi connectivity index (χ3v) is 3.30. The molecule has 0 aromatic carbocycles. The van der Waals surface area contributed by atoms with Crippen LogP contribution < -0.4 is 5.32 Å². The smallest absolute Gasteiger partial charge is 0.0628 e. The van der Waals surface area contributed by atoms with E-state index < -0.39 is 0 Å². The summed E-state index contributed by atoms with van der Waals surface area (Å²) < 4.78 is 5.56. The van der Waals surface area contributed by atoms with Crippen LogP contribution in [0.4, 0.5) is 0 Å². The average molecular weight is 214 g/mol. The zero-order valence-corrected chi connectivity index (χ0v) is 10.7. The fraction of sp³-hybridized carbons (Fsp3) is 1.00. The molecular weight excluding hydrogens is 188 g/mol. The van der Waals surface area contributed by atoms with Gasteiger partial charge in [-0.25, -0.2) is 0 Å². The van der Waals surface area contributed by atoms with Crippen molar-refractivity contribution >= 4 is 0 Å². The van der Waals surface area contributed by atoms with Crippen LogP contribution in [0.2, 0.25) is 0 Å². The Balaban J connectivity index is 0.000000531. The first-order valence-electron chi connectivity index (χ1n) is 6.23. The lowest BCUT2D eigenvalue weighted by Gasteiger charge is -2.42. The molecule has 0 saturated carbocycles. The molecular formula is C12H26N2O. The van der Waals surface area contributed by atoms with Gasteiger partial charge in [0.2, 0.25) is 0 Å². The van der Waals surface area contributed by atoms with Gasteiger partial charge >= 0.3 is 0 Å². The monoisotopic (exact) mass is 214 g/mol. The topological polar surface area (TPSA) is 24.5 Å². The first-order valence-corrected chi connectivity index (χ1v) is 6.23. The molecule has 90 valence electrons. The average Bonchev–Trinajstić information content (AvgIpc) is 2.41. The molecule has 0 radical (unpaired) electrons. The third-order valence-electron chi connectivity index (χ3n) is 3.30. The van der Waals surface area contributed by atoms with Crippen molar-refractivity contribution in [1.82, 2.24) is 10.2 Å². The van der Waals surface area contributed by atoms with Crippen molar-refractivity contribution < 1.29 is 4.74 Å². The Labute approximate surface area is 94.2 Å². The number of rotatable bonds is 0. The second kappa shape index (κ2) is 5.83. The van der Waals surface area contributed by atoms with E-state index in [0.717, 1.165) is 32.8 Å².